The molecule has 25 heavy (non-hydrogen) atoms. The first-order valence-electron chi connectivity index (χ1n) is 7.48. The molecule has 1 atom stereocenters. The Morgan fingerprint density at radius 3 is 2.72 bits per heavy atom. The van der Waals surface area contributed by atoms with Gasteiger partial charge in [0.05, 0.1) is 19.3 Å². The quantitative estimate of drug-likeness (QED) is 0.821. The number of halogens is 3. The molecule has 0 amide bonds. The zero-order valence-electron chi connectivity index (χ0n) is 13.1. The van der Waals surface area contributed by atoms with Gasteiger partial charge in [0.25, 0.3) is 0 Å². The fraction of sp³-hybridized carbons (Fsp3) is 0.400. The maximum atomic E-state index is 12.9. The number of ether oxygens (including phenoxy) is 1. The van der Waals surface area contributed by atoms with Crippen LogP contribution in [-0.2, 0) is 34.5 Å². The maximum Gasteiger partial charge on any atom is 0.511 e. The molecule has 2 aromatic rings. The van der Waals surface area contributed by atoms with Gasteiger partial charge >= 0.3 is 15.5 Å². The molecule has 0 radical (unpaired) electrons. The molecule has 0 aromatic carbocycles. The van der Waals surface area contributed by atoms with Gasteiger partial charge in [-0.15, -0.1) is 0 Å². The lowest BCUT2D eigenvalue weighted by Gasteiger charge is -2.24. The van der Waals surface area contributed by atoms with Crippen molar-refractivity contribution in [2.24, 2.45) is 0 Å². The van der Waals surface area contributed by atoms with E-state index in [4.69, 9.17) is 4.74 Å². The van der Waals surface area contributed by atoms with Gasteiger partial charge in [-0.05, 0) is 23.8 Å². The first kappa shape index (κ1) is 17.9. The van der Waals surface area contributed by atoms with Gasteiger partial charge < -0.3 is 9.30 Å². The first-order valence-corrected chi connectivity index (χ1v) is 8.92. The zero-order chi connectivity index (χ0) is 18.1. The van der Waals surface area contributed by atoms with Crippen LogP contribution in [-0.4, -0.2) is 40.4 Å². The Labute approximate surface area is 142 Å². The predicted molar refractivity (Wildman–Crippen MR) is 82.6 cm³/mol. The van der Waals surface area contributed by atoms with Crippen LogP contribution in [0.25, 0.3) is 0 Å². The number of rotatable bonds is 4. The number of aromatic nitrogens is 2. The van der Waals surface area contributed by atoms with Gasteiger partial charge in [0.15, 0.2) is 0 Å². The third kappa shape index (κ3) is 3.86. The fourth-order valence-electron chi connectivity index (χ4n) is 2.65. The molecule has 0 aliphatic carbocycles. The van der Waals surface area contributed by atoms with E-state index in [2.05, 4.69) is 4.98 Å². The molecule has 136 valence electrons. The number of sulfonamides is 1. The summed E-state index contributed by atoms with van der Waals surface area (Å²) in [7, 11) is -5.43. The molecular formula is C15H16F3N3O3S. The summed E-state index contributed by atoms with van der Waals surface area (Å²) in [5.41, 5.74) is -4.10. The molecule has 0 spiro atoms. The molecule has 1 aliphatic rings. The SMILES string of the molecule is O=S(=O)(N1Cc2cccn2C[C@H](OCc2cccnc2)C1)C(F)(F)F. The molecule has 0 N–H and O–H groups in total. The molecule has 3 rings (SSSR count). The summed E-state index contributed by atoms with van der Waals surface area (Å²) in [5, 5.41) is 0. The maximum absolute atomic E-state index is 12.9. The summed E-state index contributed by atoms with van der Waals surface area (Å²) in [6.07, 6.45) is 4.16. The van der Waals surface area contributed by atoms with Gasteiger partial charge in [-0.3, -0.25) is 4.98 Å². The largest absolute Gasteiger partial charge is 0.511 e. The van der Waals surface area contributed by atoms with Crippen molar-refractivity contribution >= 4 is 10.0 Å². The molecule has 0 saturated heterocycles. The minimum absolute atomic E-state index is 0.134. The summed E-state index contributed by atoms with van der Waals surface area (Å²) in [5.74, 6) is 0. The van der Waals surface area contributed by atoms with E-state index in [1.165, 1.54) is 0 Å². The van der Waals surface area contributed by atoms with Crippen LogP contribution >= 0.6 is 0 Å². The van der Waals surface area contributed by atoms with Crippen LogP contribution < -0.4 is 0 Å². The van der Waals surface area contributed by atoms with Gasteiger partial charge in [0.1, 0.15) is 0 Å². The van der Waals surface area contributed by atoms with Gasteiger partial charge in [0, 0.05) is 37.4 Å². The second-order valence-electron chi connectivity index (χ2n) is 5.69. The molecule has 6 nitrogen and oxygen atoms in total. The van der Waals surface area contributed by atoms with Crippen molar-refractivity contribution in [3.63, 3.8) is 0 Å². The topological polar surface area (TPSA) is 64.4 Å². The Hall–Kier alpha value is -1.91. The Kier molecular flexibility index (Phi) is 4.85. The highest BCUT2D eigenvalue weighted by atomic mass is 32.2. The van der Waals surface area contributed by atoms with Gasteiger partial charge in [0.2, 0.25) is 0 Å². The van der Waals surface area contributed by atoms with E-state index < -0.39 is 21.6 Å². The molecule has 3 heterocycles. The fourth-order valence-corrected chi connectivity index (χ4v) is 3.61. The average Bonchev–Trinajstić information content (AvgIpc) is 2.90. The van der Waals surface area contributed by atoms with E-state index in [0.29, 0.717) is 10.00 Å². The predicted octanol–water partition coefficient (Wildman–Crippen LogP) is 2.13. The summed E-state index contributed by atoms with van der Waals surface area (Å²) in [6, 6.07) is 6.75. The molecule has 10 heteroatoms. The lowest BCUT2D eigenvalue weighted by atomic mass is 10.3. The molecular weight excluding hydrogens is 359 g/mol. The van der Waals surface area contributed by atoms with Crippen LogP contribution in [0.1, 0.15) is 11.3 Å². The highest BCUT2D eigenvalue weighted by Gasteiger charge is 2.51. The van der Waals surface area contributed by atoms with Crippen molar-refractivity contribution in [3.05, 3.63) is 54.1 Å². The Morgan fingerprint density at radius 1 is 1.24 bits per heavy atom. The molecule has 0 fully saturated rings. The second-order valence-corrected chi connectivity index (χ2v) is 7.62. The van der Waals surface area contributed by atoms with Crippen molar-refractivity contribution < 1.29 is 26.3 Å². The monoisotopic (exact) mass is 375 g/mol. The molecule has 1 aliphatic heterocycles. The Balaban J connectivity index is 1.82. The lowest BCUT2D eigenvalue weighted by molar-refractivity contribution is -0.0511. The molecule has 0 bridgehead atoms. The van der Waals surface area contributed by atoms with Crippen molar-refractivity contribution in [1.29, 1.82) is 0 Å². The normalized spacial score (nSPS) is 19.4. The van der Waals surface area contributed by atoms with Crippen molar-refractivity contribution in [3.8, 4) is 0 Å². The number of nitrogens with zero attached hydrogens (tertiary/aromatic N) is 3. The van der Waals surface area contributed by atoms with E-state index in [9.17, 15) is 21.6 Å². The first-order chi connectivity index (χ1) is 11.8. The molecule has 0 saturated carbocycles. The van der Waals surface area contributed by atoms with Crippen molar-refractivity contribution in [1.82, 2.24) is 13.9 Å². The Morgan fingerprint density at radius 2 is 2.04 bits per heavy atom. The highest BCUT2D eigenvalue weighted by Crippen LogP contribution is 2.30. The number of hydrogen-bond acceptors (Lipinski definition) is 4. The summed E-state index contributed by atoms with van der Waals surface area (Å²) in [6.45, 7) is -0.313. The van der Waals surface area contributed by atoms with Gasteiger partial charge in [-0.1, -0.05) is 6.07 Å². The number of hydrogen-bond donors (Lipinski definition) is 0. The third-order valence-corrected chi connectivity index (χ3v) is 5.45. The van der Waals surface area contributed by atoms with Crippen molar-refractivity contribution in [2.45, 2.75) is 31.3 Å². The van der Waals surface area contributed by atoms with Gasteiger partial charge in [-0.25, -0.2) is 8.42 Å². The minimum atomic E-state index is -5.43. The van der Waals surface area contributed by atoms with Crippen LogP contribution in [0, 0.1) is 0 Å². The molecule has 2 aromatic heterocycles. The summed E-state index contributed by atoms with van der Waals surface area (Å²) in [4.78, 5) is 3.94. The highest BCUT2D eigenvalue weighted by molar-refractivity contribution is 7.89. The molecule has 0 unspecified atom stereocenters. The van der Waals surface area contributed by atoms with Crippen molar-refractivity contribution in [2.75, 3.05) is 6.54 Å². The van der Waals surface area contributed by atoms with E-state index >= 15 is 0 Å². The smallest absolute Gasteiger partial charge is 0.370 e. The average molecular weight is 375 g/mol. The summed E-state index contributed by atoms with van der Waals surface area (Å²) < 4.78 is 70.3. The standard InChI is InChI=1S/C15H16F3N3O3S/c16-15(17,18)25(22,23)21-8-13-4-2-6-20(13)9-14(10-21)24-11-12-3-1-5-19-7-12/h1-7,14H,8-11H2/t14-/m0/s1. The van der Waals surface area contributed by atoms with Crippen LogP contribution in [0.15, 0.2) is 42.9 Å². The number of alkyl halides is 3. The van der Waals surface area contributed by atoms with Crippen LogP contribution in [0.3, 0.4) is 0 Å². The summed E-state index contributed by atoms with van der Waals surface area (Å²) >= 11 is 0. The minimum Gasteiger partial charge on any atom is -0.370 e. The van der Waals surface area contributed by atoms with E-state index in [1.54, 1.807) is 47.4 Å². The third-order valence-electron chi connectivity index (χ3n) is 3.91. The van der Waals surface area contributed by atoms with Crippen LogP contribution in [0.4, 0.5) is 13.2 Å². The van der Waals surface area contributed by atoms with E-state index in [-0.39, 0.29) is 26.2 Å². The van der Waals surface area contributed by atoms with E-state index in [1.807, 2.05) is 0 Å². The second kappa shape index (κ2) is 6.77. The Bertz CT molecular complexity index is 821. The van der Waals surface area contributed by atoms with Crippen LogP contribution in [0.2, 0.25) is 0 Å². The van der Waals surface area contributed by atoms with Gasteiger partial charge in [-0.2, -0.15) is 17.5 Å². The zero-order valence-corrected chi connectivity index (χ0v) is 13.9. The van der Waals surface area contributed by atoms with Crippen LogP contribution in [0.5, 0.6) is 0 Å². The number of fused-ring (bicyclic) bond motifs is 1. The van der Waals surface area contributed by atoms with E-state index in [0.717, 1.165) is 5.56 Å². The lowest BCUT2D eigenvalue weighted by Crippen LogP contribution is -2.43. The number of pyridine rings is 1.